The van der Waals surface area contributed by atoms with Gasteiger partial charge in [-0.1, -0.05) is 50.1 Å². The molecule has 1 amide bonds. The summed E-state index contributed by atoms with van der Waals surface area (Å²) in [4.78, 5) is 12.5. The number of rotatable bonds is 9. The maximum Gasteiger partial charge on any atom is 0.256 e. The van der Waals surface area contributed by atoms with E-state index in [0.717, 1.165) is 29.8 Å². The minimum Gasteiger partial charge on any atom is -0.489 e. The van der Waals surface area contributed by atoms with Crippen LogP contribution in [0.3, 0.4) is 0 Å². The third-order valence-electron chi connectivity index (χ3n) is 4.30. The van der Waals surface area contributed by atoms with E-state index in [9.17, 15) is 4.79 Å². The van der Waals surface area contributed by atoms with Crippen molar-refractivity contribution in [3.63, 3.8) is 0 Å². The maximum atomic E-state index is 12.5. The summed E-state index contributed by atoms with van der Waals surface area (Å²) in [6.45, 7) is 4.45. The molecular weight excluding hydrogens is 314 g/mol. The van der Waals surface area contributed by atoms with E-state index >= 15 is 0 Å². The molecule has 0 spiro atoms. The summed E-state index contributed by atoms with van der Waals surface area (Å²) in [7, 11) is 1.58. The van der Waals surface area contributed by atoms with Crippen molar-refractivity contribution >= 4 is 11.6 Å². The van der Waals surface area contributed by atoms with Gasteiger partial charge in [0.25, 0.3) is 5.91 Å². The number of nitrogens with one attached hydrogen (secondary N) is 1. The first-order valence-corrected chi connectivity index (χ1v) is 8.71. The van der Waals surface area contributed by atoms with E-state index in [-0.39, 0.29) is 5.91 Å². The average Bonchev–Trinajstić information content (AvgIpc) is 2.66. The summed E-state index contributed by atoms with van der Waals surface area (Å²) in [5.41, 5.74) is 1.04. The smallest absolute Gasteiger partial charge is 0.256 e. The van der Waals surface area contributed by atoms with Gasteiger partial charge in [0, 0.05) is 12.8 Å². The monoisotopic (exact) mass is 341 g/mol. The first-order valence-electron chi connectivity index (χ1n) is 8.71. The quantitative estimate of drug-likeness (QED) is 0.713. The first kappa shape index (κ1) is 19.0. The molecule has 0 fully saturated rings. The van der Waals surface area contributed by atoms with Gasteiger partial charge >= 0.3 is 0 Å². The van der Waals surface area contributed by atoms with Gasteiger partial charge in [-0.25, -0.2) is 0 Å². The van der Waals surface area contributed by atoms with E-state index in [1.54, 1.807) is 7.11 Å². The molecule has 1 N–H and O–H groups in total. The fourth-order valence-corrected chi connectivity index (χ4v) is 2.46. The highest BCUT2D eigenvalue weighted by molar-refractivity contribution is 5.97. The van der Waals surface area contributed by atoms with E-state index < -0.39 is 5.60 Å². The van der Waals surface area contributed by atoms with Crippen molar-refractivity contribution in [2.24, 2.45) is 0 Å². The molecule has 0 aliphatic rings. The average molecular weight is 341 g/mol. The van der Waals surface area contributed by atoms with Crippen molar-refractivity contribution in [3.05, 3.63) is 60.2 Å². The summed E-state index contributed by atoms with van der Waals surface area (Å²) in [6, 6.07) is 17.4. The summed E-state index contributed by atoms with van der Waals surface area (Å²) < 4.78 is 11.2. The molecule has 0 radical (unpaired) electrons. The van der Waals surface area contributed by atoms with Crippen LogP contribution in [0.5, 0.6) is 5.75 Å². The number of benzene rings is 2. The topological polar surface area (TPSA) is 47.6 Å². The van der Waals surface area contributed by atoms with Gasteiger partial charge in [0.2, 0.25) is 0 Å². The normalized spacial score (nSPS) is 13.1. The van der Waals surface area contributed by atoms with Gasteiger partial charge in [0.05, 0.1) is 0 Å². The van der Waals surface area contributed by atoms with Crippen molar-refractivity contribution < 1.29 is 14.3 Å². The largest absolute Gasteiger partial charge is 0.489 e. The molecule has 0 aliphatic heterocycles. The molecule has 0 bridgehead atoms. The van der Waals surface area contributed by atoms with Crippen molar-refractivity contribution in [1.82, 2.24) is 0 Å². The van der Waals surface area contributed by atoms with Crippen LogP contribution in [0.2, 0.25) is 0 Å². The van der Waals surface area contributed by atoms with Gasteiger partial charge < -0.3 is 14.8 Å². The van der Waals surface area contributed by atoms with E-state index in [1.165, 1.54) is 0 Å². The highest BCUT2D eigenvalue weighted by Gasteiger charge is 2.32. The van der Waals surface area contributed by atoms with Gasteiger partial charge in [-0.15, -0.1) is 0 Å². The Morgan fingerprint density at radius 1 is 1.08 bits per heavy atom. The van der Waals surface area contributed by atoms with Crippen LogP contribution in [0.15, 0.2) is 54.6 Å². The number of methoxy groups -OCH3 is 1. The lowest BCUT2D eigenvalue weighted by Gasteiger charge is -2.26. The third-order valence-corrected chi connectivity index (χ3v) is 4.30. The molecule has 134 valence electrons. The van der Waals surface area contributed by atoms with Crippen molar-refractivity contribution in [2.75, 3.05) is 12.4 Å². The molecular formula is C21H27NO3. The number of anilines is 1. The fourth-order valence-electron chi connectivity index (χ4n) is 2.46. The summed E-state index contributed by atoms with van der Waals surface area (Å²) in [5, 5.41) is 2.92. The van der Waals surface area contributed by atoms with E-state index in [0.29, 0.717) is 13.0 Å². The number of amides is 1. The van der Waals surface area contributed by atoms with Gasteiger partial charge in [0.15, 0.2) is 0 Å². The van der Waals surface area contributed by atoms with Crippen LogP contribution in [-0.4, -0.2) is 18.6 Å². The van der Waals surface area contributed by atoms with Crippen LogP contribution in [0.25, 0.3) is 0 Å². The molecule has 2 aromatic rings. The molecule has 1 atom stereocenters. The molecule has 2 rings (SSSR count). The second-order valence-corrected chi connectivity index (χ2v) is 6.29. The summed E-state index contributed by atoms with van der Waals surface area (Å²) >= 11 is 0. The van der Waals surface area contributed by atoms with Crippen LogP contribution in [-0.2, 0) is 16.1 Å². The lowest BCUT2D eigenvalue weighted by atomic mass is 9.97. The predicted molar refractivity (Wildman–Crippen MR) is 101 cm³/mol. The van der Waals surface area contributed by atoms with Gasteiger partial charge in [-0.05, 0) is 43.2 Å². The highest BCUT2D eigenvalue weighted by Crippen LogP contribution is 2.22. The maximum absolute atomic E-state index is 12.5. The predicted octanol–water partition coefficient (Wildman–Crippen LogP) is 4.80. The van der Waals surface area contributed by atoms with Crippen LogP contribution in [0.1, 0.15) is 38.7 Å². The molecule has 0 aliphatic carbocycles. The fraction of sp³-hybridized carbons (Fsp3) is 0.381. The zero-order valence-corrected chi connectivity index (χ0v) is 15.2. The van der Waals surface area contributed by atoms with Gasteiger partial charge in [-0.3, -0.25) is 4.79 Å². The Kier molecular flexibility index (Phi) is 7.02. The van der Waals surface area contributed by atoms with Crippen molar-refractivity contribution in [3.8, 4) is 5.75 Å². The molecule has 0 saturated carbocycles. The van der Waals surface area contributed by atoms with Crippen molar-refractivity contribution in [1.29, 1.82) is 0 Å². The lowest BCUT2D eigenvalue weighted by Crippen LogP contribution is -2.41. The van der Waals surface area contributed by atoms with Crippen LogP contribution in [0, 0.1) is 0 Å². The van der Waals surface area contributed by atoms with E-state index in [4.69, 9.17) is 9.47 Å². The molecule has 4 heteroatoms. The Balaban J connectivity index is 1.92. The number of unbranched alkanes of at least 4 members (excludes halogenated alkanes) is 1. The number of ether oxygens (including phenoxy) is 2. The third kappa shape index (κ3) is 5.61. The SMILES string of the molecule is CCCC[C@](C)(OC)C(=O)Nc1ccc(OCc2ccccc2)cc1. The molecule has 0 aromatic heterocycles. The molecule has 0 unspecified atom stereocenters. The van der Waals surface area contributed by atoms with Crippen LogP contribution >= 0.6 is 0 Å². The number of hydrogen-bond acceptors (Lipinski definition) is 3. The van der Waals surface area contributed by atoms with Gasteiger partial charge in [-0.2, -0.15) is 0 Å². The molecule has 0 saturated heterocycles. The molecule has 25 heavy (non-hydrogen) atoms. The first-order chi connectivity index (χ1) is 12.1. The molecule has 0 heterocycles. The minimum absolute atomic E-state index is 0.124. The summed E-state index contributed by atoms with van der Waals surface area (Å²) in [5.74, 6) is 0.642. The second-order valence-electron chi connectivity index (χ2n) is 6.29. The Bertz CT molecular complexity index is 655. The zero-order valence-electron chi connectivity index (χ0n) is 15.2. The summed E-state index contributed by atoms with van der Waals surface area (Å²) in [6.07, 6.45) is 2.67. The highest BCUT2D eigenvalue weighted by atomic mass is 16.5. The molecule has 2 aromatic carbocycles. The Morgan fingerprint density at radius 3 is 2.36 bits per heavy atom. The Hall–Kier alpha value is -2.33. The van der Waals surface area contributed by atoms with Crippen molar-refractivity contribution in [2.45, 2.75) is 45.3 Å². The van der Waals surface area contributed by atoms with E-state index in [2.05, 4.69) is 12.2 Å². The van der Waals surface area contributed by atoms with E-state index in [1.807, 2.05) is 61.5 Å². The Morgan fingerprint density at radius 2 is 1.76 bits per heavy atom. The standard InChI is InChI=1S/C21H27NO3/c1-4-5-15-21(2,24-3)20(23)22-18-11-13-19(14-12-18)25-16-17-9-7-6-8-10-17/h6-14H,4-5,15-16H2,1-3H3,(H,22,23)/t21-/m0/s1. The van der Waals surface area contributed by atoms with Crippen LogP contribution in [0.4, 0.5) is 5.69 Å². The number of carbonyl (C=O) groups excluding carboxylic acids is 1. The minimum atomic E-state index is -0.807. The van der Waals surface area contributed by atoms with Gasteiger partial charge in [0.1, 0.15) is 18.0 Å². The van der Waals surface area contributed by atoms with Crippen LogP contribution < -0.4 is 10.1 Å². The number of carbonyl (C=O) groups is 1. The zero-order chi connectivity index (χ0) is 18.1. The second kappa shape index (κ2) is 9.23. The number of hydrogen-bond donors (Lipinski definition) is 1. The lowest BCUT2D eigenvalue weighted by molar-refractivity contribution is -0.136. The molecule has 4 nitrogen and oxygen atoms in total. The Labute approximate surface area is 150 Å².